The van der Waals surface area contributed by atoms with Crippen LogP contribution in [0.3, 0.4) is 0 Å². The molecule has 3 atom stereocenters. The number of hydrogen-bond acceptors (Lipinski definition) is 3. The molecular weight excluding hydrogens is 264 g/mol. The molecule has 3 unspecified atom stereocenters. The van der Waals surface area contributed by atoms with Crippen molar-refractivity contribution in [2.45, 2.75) is 90.8 Å². The van der Waals surface area contributed by atoms with Gasteiger partial charge in [-0.3, -0.25) is 0 Å². The molecule has 4 nitrogen and oxygen atoms in total. The van der Waals surface area contributed by atoms with E-state index in [1.165, 1.54) is 32.1 Å². The van der Waals surface area contributed by atoms with Gasteiger partial charge < -0.3 is 15.4 Å². The lowest BCUT2D eigenvalue weighted by Crippen LogP contribution is -2.49. The summed E-state index contributed by atoms with van der Waals surface area (Å²) in [5.74, 6) is 0.786. The fourth-order valence-electron chi connectivity index (χ4n) is 3.06. The van der Waals surface area contributed by atoms with E-state index in [2.05, 4.69) is 24.5 Å². The van der Waals surface area contributed by atoms with Crippen molar-refractivity contribution in [3.8, 4) is 0 Å². The highest BCUT2D eigenvalue weighted by Gasteiger charge is 2.25. The Bertz CT molecular complexity index is 312. The number of amides is 1. The Kier molecular flexibility index (Phi) is 7.50. The standard InChI is InChI=1S/C17H34N2O2/c1-6-13-10-8-9-11-15(13)19-14(7-2)12-18-16(20)21-17(3,4)5/h13-15,19H,6-12H2,1-5H3,(H,18,20). The smallest absolute Gasteiger partial charge is 0.407 e. The number of carbonyl (C=O) groups excluding carboxylic acids is 1. The Balaban J connectivity index is 2.38. The zero-order chi connectivity index (χ0) is 15.9. The molecule has 0 aromatic heterocycles. The molecule has 1 aliphatic carbocycles. The molecule has 1 amide bonds. The van der Waals surface area contributed by atoms with Gasteiger partial charge in [-0.15, -0.1) is 0 Å². The van der Waals surface area contributed by atoms with E-state index in [0.29, 0.717) is 18.6 Å². The first-order chi connectivity index (χ1) is 9.85. The zero-order valence-corrected chi connectivity index (χ0v) is 14.5. The SMILES string of the molecule is CCC(CNC(=O)OC(C)(C)C)NC1CCCCC1CC. The number of nitrogens with one attached hydrogen (secondary N) is 2. The monoisotopic (exact) mass is 298 g/mol. The number of alkyl carbamates (subject to hydrolysis) is 1. The van der Waals surface area contributed by atoms with Gasteiger partial charge in [0.15, 0.2) is 0 Å². The first-order valence-electron chi connectivity index (χ1n) is 8.58. The normalized spacial score (nSPS) is 24.4. The minimum atomic E-state index is -0.435. The van der Waals surface area contributed by atoms with Crippen molar-refractivity contribution in [2.75, 3.05) is 6.54 Å². The van der Waals surface area contributed by atoms with Crippen molar-refractivity contribution >= 4 is 6.09 Å². The van der Waals surface area contributed by atoms with Crippen LogP contribution in [0.25, 0.3) is 0 Å². The third kappa shape index (κ3) is 7.16. The fraction of sp³-hybridized carbons (Fsp3) is 0.941. The molecule has 0 bridgehead atoms. The van der Waals surface area contributed by atoms with Gasteiger partial charge in [0.2, 0.25) is 0 Å². The predicted octanol–water partition coefficient (Wildman–Crippen LogP) is 3.85. The van der Waals surface area contributed by atoms with E-state index in [9.17, 15) is 4.79 Å². The molecule has 1 fully saturated rings. The Labute approximate surface area is 130 Å². The van der Waals surface area contributed by atoms with Gasteiger partial charge >= 0.3 is 6.09 Å². The summed E-state index contributed by atoms with van der Waals surface area (Å²) in [7, 11) is 0. The van der Waals surface area contributed by atoms with Crippen LogP contribution in [-0.2, 0) is 4.74 Å². The lowest BCUT2D eigenvalue weighted by molar-refractivity contribution is 0.0520. The van der Waals surface area contributed by atoms with E-state index in [-0.39, 0.29) is 6.09 Å². The molecule has 0 aromatic carbocycles. The molecular formula is C17H34N2O2. The summed E-state index contributed by atoms with van der Waals surface area (Å²) >= 11 is 0. The van der Waals surface area contributed by atoms with Crippen molar-refractivity contribution in [3.63, 3.8) is 0 Å². The summed E-state index contributed by atoms with van der Waals surface area (Å²) in [4.78, 5) is 11.7. The number of carbonyl (C=O) groups is 1. The molecule has 21 heavy (non-hydrogen) atoms. The Morgan fingerprint density at radius 3 is 2.48 bits per heavy atom. The average molecular weight is 298 g/mol. The summed E-state index contributed by atoms with van der Waals surface area (Å²) in [6, 6.07) is 0.934. The van der Waals surface area contributed by atoms with E-state index in [0.717, 1.165) is 12.3 Å². The topological polar surface area (TPSA) is 50.4 Å². The quantitative estimate of drug-likeness (QED) is 0.783. The van der Waals surface area contributed by atoms with Crippen LogP contribution >= 0.6 is 0 Å². The Morgan fingerprint density at radius 2 is 1.90 bits per heavy atom. The second-order valence-electron chi connectivity index (χ2n) is 7.21. The van der Waals surface area contributed by atoms with Crippen LogP contribution < -0.4 is 10.6 Å². The highest BCUT2D eigenvalue weighted by atomic mass is 16.6. The van der Waals surface area contributed by atoms with Gasteiger partial charge in [0.25, 0.3) is 0 Å². The third-order valence-electron chi connectivity index (χ3n) is 4.27. The third-order valence-corrected chi connectivity index (χ3v) is 4.27. The van der Waals surface area contributed by atoms with Crippen LogP contribution in [0.4, 0.5) is 4.79 Å². The molecule has 0 spiro atoms. The number of hydrogen-bond donors (Lipinski definition) is 2. The van der Waals surface area contributed by atoms with Crippen molar-refractivity contribution in [2.24, 2.45) is 5.92 Å². The lowest BCUT2D eigenvalue weighted by Gasteiger charge is -2.34. The maximum Gasteiger partial charge on any atom is 0.407 e. The molecule has 1 saturated carbocycles. The number of rotatable bonds is 6. The first kappa shape index (κ1) is 18.3. The van der Waals surface area contributed by atoms with E-state index >= 15 is 0 Å². The van der Waals surface area contributed by atoms with Crippen molar-refractivity contribution in [1.82, 2.24) is 10.6 Å². The fourth-order valence-corrected chi connectivity index (χ4v) is 3.06. The number of ether oxygens (including phenoxy) is 1. The molecule has 1 rings (SSSR count). The summed E-state index contributed by atoms with van der Waals surface area (Å²) in [5.41, 5.74) is -0.435. The molecule has 0 heterocycles. The van der Waals surface area contributed by atoms with Gasteiger partial charge in [-0.1, -0.05) is 33.1 Å². The second-order valence-corrected chi connectivity index (χ2v) is 7.21. The molecule has 1 aliphatic rings. The van der Waals surface area contributed by atoms with E-state index in [4.69, 9.17) is 4.74 Å². The molecule has 4 heteroatoms. The van der Waals surface area contributed by atoms with Crippen LogP contribution in [0.15, 0.2) is 0 Å². The lowest BCUT2D eigenvalue weighted by atomic mass is 9.82. The summed E-state index contributed by atoms with van der Waals surface area (Å²) in [5, 5.41) is 6.64. The maximum absolute atomic E-state index is 11.7. The molecule has 0 aliphatic heterocycles. The highest BCUT2D eigenvalue weighted by molar-refractivity contribution is 5.67. The van der Waals surface area contributed by atoms with E-state index < -0.39 is 5.60 Å². The Morgan fingerprint density at radius 1 is 1.24 bits per heavy atom. The molecule has 0 aromatic rings. The van der Waals surface area contributed by atoms with Crippen LogP contribution in [0.5, 0.6) is 0 Å². The molecule has 0 saturated heterocycles. The van der Waals surface area contributed by atoms with Crippen molar-refractivity contribution < 1.29 is 9.53 Å². The van der Waals surface area contributed by atoms with Gasteiger partial charge in [-0.2, -0.15) is 0 Å². The first-order valence-corrected chi connectivity index (χ1v) is 8.58. The minimum Gasteiger partial charge on any atom is -0.444 e. The predicted molar refractivity (Wildman–Crippen MR) is 87.5 cm³/mol. The molecule has 0 radical (unpaired) electrons. The van der Waals surface area contributed by atoms with Crippen molar-refractivity contribution in [1.29, 1.82) is 0 Å². The second kappa shape index (κ2) is 8.62. The zero-order valence-electron chi connectivity index (χ0n) is 14.5. The van der Waals surface area contributed by atoms with Gasteiger partial charge in [-0.05, 0) is 46.0 Å². The van der Waals surface area contributed by atoms with Crippen LogP contribution in [-0.4, -0.2) is 30.3 Å². The van der Waals surface area contributed by atoms with Crippen molar-refractivity contribution in [3.05, 3.63) is 0 Å². The summed E-state index contributed by atoms with van der Waals surface area (Å²) in [6.07, 6.45) is 7.23. The summed E-state index contributed by atoms with van der Waals surface area (Å²) in [6.45, 7) is 10.7. The van der Waals surface area contributed by atoms with Gasteiger partial charge in [0.1, 0.15) is 5.60 Å². The largest absolute Gasteiger partial charge is 0.444 e. The van der Waals surface area contributed by atoms with E-state index in [1.54, 1.807) is 0 Å². The average Bonchev–Trinajstić information content (AvgIpc) is 2.42. The van der Waals surface area contributed by atoms with Gasteiger partial charge in [0.05, 0.1) is 0 Å². The van der Waals surface area contributed by atoms with Crippen LogP contribution in [0.1, 0.15) is 73.1 Å². The van der Waals surface area contributed by atoms with Gasteiger partial charge in [-0.25, -0.2) is 4.79 Å². The van der Waals surface area contributed by atoms with Crippen LogP contribution in [0.2, 0.25) is 0 Å². The van der Waals surface area contributed by atoms with E-state index in [1.807, 2.05) is 20.8 Å². The molecule has 2 N–H and O–H groups in total. The highest BCUT2D eigenvalue weighted by Crippen LogP contribution is 2.27. The van der Waals surface area contributed by atoms with Crippen LogP contribution in [0, 0.1) is 5.92 Å². The Hall–Kier alpha value is -0.770. The maximum atomic E-state index is 11.7. The summed E-state index contributed by atoms with van der Waals surface area (Å²) < 4.78 is 5.29. The molecule has 124 valence electrons. The minimum absolute atomic E-state index is 0.321. The van der Waals surface area contributed by atoms with Gasteiger partial charge in [0, 0.05) is 18.6 Å².